The smallest absolute Gasteiger partial charge is 0.393 e. The van der Waals surface area contributed by atoms with Crippen LogP contribution in [-0.2, 0) is 0 Å². The van der Waals surface area contributed by atoms with Crippen molar-refractivity contribution in [2.45, 2.75) is 12.6 Å². The molecule has 0 amide bonds. The highest BCUT2D eigenvalue weighted by atomic mass is 19.4. The molecule has 2 nitrogen and oxygen atoms in total. The Labute approximate surface area is 69.0 Å². The molecular formula is C7H12F3NO. The first-order valence-corrected chi connectivity index (χ1v) is 3.94. The number of aliphatic hydroxyl groups is 1. The van der Waals surface area contributed by atoms with E-state index in [2.05, 4.69) is 0 Å². The fourth-order valence-electron chi connectivity index (χ4n) is 1.44. The SMILES string of the molecule is OCCN1CC[C@@H](C(F)(F)F)C1. The molecule has 0 aromatic rings. The number of nitrogens with zero attached hydrogens (tertiary/aromatic N) is 1. The van der Waals surface area contributed by atoms with Gasteiger partial charge in [0.25, 0.3) is 0 Å². The van der Waals surface area contributed by atoms with Crippen LogP contribution in [0.3, 0.4) is 0 Å². The van der Waals surface area contributed by atoms with Crippen molar-refractivity contribution in [1.29, 1.82) is 0 Å². The number of alkyl halides is 3. The van der Waals surface area contributed by atoms with Crippen molar-refractivity contribution in [2.24, 2.45) is 5.92 Å². The van der Waals surface area contributed by atoms with Crippen LogP contribution < -0.4 is 0 Å². The van der Waals surface area contributed by atoms with E-state index in [0.717, 1.165) is 0 Å². The van der Waals surface area contributed by atoms with E-state index in [1.807, 2.05) is 0 Å². The molecule has 1 aliphatic heterocycles. The van der Waals surface area contributed by atoms with Gasteiger partial charge in [-0.3, -0.25) is 0 Å². The molecule has 1 saturated heterocycles. The minimum Gasteiger partial charge on any atom is -0.395 e. The lowest BCUT2D eigenvalue weighted by Gasteiger charge is -2.16. The molecule has 0 bridgehead atoms. The maximum absolute atomic E-state index is 12.1. The molecule has 0 aromatic heterocycles. The van der Waals surface area contributed by atoms with Gasteiger partial charge in [0.15, 0.2) is 0 Å². The van der Waals surface area contributed by atoms with Crippen molar-refractivity contribution in [2.75, 3.05) is 26.2 Å². The number of halogens is 3. The first kappa shape index (κ1) is 9.80. The molecule has 1 fully saturated rings. The Kier molecular flexibility index (Phi) is 2.95. The molecule has 1 atom stereocenters. The molecule has 5 heteroatoms. The minimum absolute atomic E-state index is 0.0457. The molecule has 1 N–H and O–H groups in total. The second-order valence-electron chi connectivity index (χ2n) is 3.05. The van der Waals surface area contributed by atoms with Crippen molar-refractivity contribution in [3.05, 3.63) is 0 Å². The maximum atomic E-state index is 12.1. The van der Waals surface area contributed by atoms with E-state index in [4.69, 9.17) is 5.11 Å². The van der Waals surface area contributed by atoms with E-state index in [9.17, 15) is 13.2 Å². The Morgan fingerprint density at radius 3 is 2.50 bits per heavy atom. The van der Waals surface area contributed by atoms with Crippen LogP contribution in [-0.4, -0.2) is 42.4 Å². The predicted octanol–water partition coefficient (Wildman–Crippen LogP) is 0.863. The van der Waals surface area contributed by atoms with Gasteiger partial charge in [-0.05, 0) is 13.0 Å². The Balaban J connectivity index is 2.35. The van der Waals surface area contributed by atoms with E-state index >= 15 is 0 Å². The van der Waals surface area contributed by atoms with E-state index in [1.54, 1.807) is 4.90 Å². The maximum Gasteiger partial charge on any atom is 0.393 e. The zero-order valence-electron chi connectivity index (χ0n) is 6.64. The van der Waals surface area contributed by atoms with Gasteiger partial charge in [0.05, 0.1) is 12.5 Å². The highest BCUT2D eigenvalue weighted by Crippen LogP contribution is 2.33. The number of likely N-dealkylation sites (tertiary alicyclic amines) is 1. The highest BCUT2D eigenvalue weighted by molar-refractivity contribution is 4.80. The fourth-order valence-corrected chi connectivity index (χ4v) is 1.44. The van der Waals surface area contributed by atoms with Crippen LogP contribution in [0.15, 0.2) is 0 Å². The second kappa shape index (κ2) is 3.62. The lowest BCUT2D eigenvalue weighted by atomic mass is 10.1. The number of aliphatic hydroxyl groups excluding tert-OH is 1. The molecule has 0 aliphatic carbocycles. The zero-order valence-corrected chi connectivity index (χ0v) is 6.64. The van der Waals surface area contributed by atoms with Gasteiger partial charge in [0.1, 0.15) is 0 Å². The Bertz CT molecular complexity index is 148. The molecule has 72 valence electrons. The second-order valence-corrected chi connectivity index (χ2v) is 3.05. The van der Waals surface area contributed by atoms with E-state index < -0.39 is 12.1 Å². The largest absolute Gasteiger partial charge is 0.395 e. The van der Waals surface area contributed by atoms with Crippen molar-refractivity contribution in [3.8, 4) is 0 Å². The lowest BCUT2D eigenvalue weighted by molar-refractivity contribution is -0.170. The van der Waals surface area contributed by atoms with Gasteiger partial charge in [-0.2, -0.15) is 13.2 Å². The van der Waals surface area contributed by atoms with E-state index in [0.29, 0.717) is 13.1 Å². The summed E-state index contributed by atoms with van der Waals surface area (Å²) in [5, 5.41) is 8.49. The monoisotopic (exact) mass is 183 g/mol. The summed E-state index contributed by atoms with van der Waals surface area (Å²) in [5.41, 5.74) is 0. The predicted molar refractivity (Wildman–Crippen MR) is 37.7 cm³/mol. The normalized spacial score (nSPS) is 26.5. The molecule has 1 aliphatic rings. The summed E-state index contributed by atoms with van der Waals surface area (Å²) in [6.07, 6.45) is -3.90. The van der Waals surface area contributed by atoms with Crippen molar-refractivity contribution in [1.82, 2.24) is 4.90 Å². The molecule has 0 radical (unpaired) electrons. The van der Waals surface area contributed by atoms with Crippen molar-refractivity contribution in [3.63, 3.8) is 0 Å². The third kappa shape index (κ3) is 2.35. The Morgan fingerprint density at radius 1 is 1.42 bits per heavy atom. The summed E-state index contributed by atoms with van der Waals surface area (Å²) >= 11 is 0. The molecule has 0 unspecified atom stereocenters. The zero-order chi connectivity index (χ0) is 9.19. The van der Waals surface area contributed by atoms with Crippen LogP contribution in [0.2, 0.25) is 0 Å². The third-order valence-corrected chi connectivity index (χ3v) is 2.15. The summed E-state index contributed by atoms with van der Waals surface area (Å²) in [6, 6.07) is 0. The number of rotatable bonds is 2. The lowest BCUT2D eigenvalue weighted by Crippen LogP contribution is -2.29. The van der Waals surface area contributed by atoms with Crippen molar-refractivity contribution < 1.29 is 18.3 Å². The van der Waals surface area contributed by atoms with Gasteiger partial charge in [-0.15, -0.1) is 0 Å². The van der Waals surface area contributed by atoms with Gasteiger partial charge in [0, 0.05) is 13.1 Å². The number of hydrogen-bond donors (Lipinski definition) is 1. The van der Waals surface area contributed by atoms with Crippen LogP contribution in [0.5, 0.6) is 0 Å². The Hall–Kier alpha value is -0.290. The number of β-amino-alcohol motifs (C(OH)–C–C–N with tert-alkyl or cyclic N) is 1. The third-order valence-electron chi connectivity index (χ3n) is 2.15. The molecule has 0 aromatic carbocycles. The summed E-state index contributed by atoms with van der Waals surface area (Å²) in [6.45, 7) is 0.784. The van der Waals surface area contributed by atoms with Gasteiger partial charge < -0.3 is 10.0 Å². The fraction of sp³-hybridized carbons (Fsp3) is 1.00. The molecular weight excluding hydrogens is 171 g/mol. The molecule has 0 saturated carbocycles. The van der Waals surface area contributed by atoms with Crippen LogP contribution >= 0.6 is 0 Å². The summed E-state index contributed by atoms with van der Waals surface area (Å²) < 4.78 is 36.3. The van der Waals surface area contributed by atoms with Crippen molar-refractivity contribution >= 4 is 0 Å². The first-order valence-electron chi connectivity index (χ1n) is 3.94. The standard InChI is InChI=1S/C7H12F3NO/c8-7(9,10)6-1-2-11(5-6)3-4-12/h6,12H,1-5H2/t6-/m1/s1. The van der Waals surface area contributed by atoms with Gasteiger partial charge in [-0.1, -0.05) is 0 Å². The van der Waals surface area contributed by atoms with Crippen LogP contribution in [0.25, 0.3) is 0 Å². The van der Waals surface area contributed by atoms with Crippen LogP contribution in [0, 0.1) is 5.92 Å². The summed E-state index contributed by atoms with van der Waals surface area (Å²) in [4.78, 5) is 1.64. The summed E-state index contributed by atoms with van der Waals surface area (Å²) in [5.74, 6) is -1.19. The van der Waals surface area contributed by atoms with E-state index in [1.165, 1.54) is 0 Å². The van der Waals surface area contributed by atoms with Gasteiger partial charge >= 0.3 is 6.18 Å². The summed E-state index contributed by atoms with van der Waals surface area (Å²) in [7, 11) is 0. The molecule has 12 heavy (non-hydrogen) atoms. The minimum atomic E-state index is -4.07. The first-order chi connectivity index (χ1) is 5.54. The number of hydrogen-bond acceptors (Lipinski definition) is 2. The van der Waals surface area contributed by atoms with Crippen LogP contribution in [0.4, 0.5) is 13.2 Å². The Morgan fingerprint density at radius 2 is 2.08 bits per heavy atom. The molecule has 0 spiro atoms. The van der Waals surface area contributed by atoms with Crippen LogP contribution in [0.1, 0.15) is 6.42 Å². The van der Waals surface area contributed by atoms with Gasteiger partial charge in [-0.25, -0.2) is 0 Å². The molecule has 1 heterocycles. The average molecular weight is 183 g/mol. The quantitative estimate of drug-likeness (QED) is 0.686. The highest BCUT2D eigenvalue weighted by Gasteiger charge is 2.43. The molecule has 1 rings (SSSR count). The average Bonchev–Trinajstić information content (AvgIpc) is 2.35. The van der Waals surface area contributed by atoms with E-state index in [-0.39, 0.29) is 19.6 Å². The topological polar surface area (TPSA) is 23.5 Å². The van der Waals surface area contributed by atoms with Gasteiger partial charge in [0.2, 0.25) is 0 Å².